The van der Waals surface area contributed by atoms with Gasteiger partial charge in [0.25, 0.3) is 0 Å². The molecular formula is C12H14N4. The average Bonchev–Trinajstić information content (AvgIpc) is 2.38. The Balaban J connectivity index is 1.92. The zero-order valence-electron chi connectivity index (χ0n) is 8.88. The van der Waals surface area contributed by atoms with Crippen LogP contribution in [0.5, 0.6) is 0 Å². The number of benzene rings is 1. The van der Waals surface area contributed by atoms with Gasteiger partial charge < -0.3 is 11.1 Å². The number of nitrogens with one attached hydrogen (secondary N) is 1. The van der Waals surface area contributed by atoms with Crippen molar-refractivity contribution in [1.29, 1.82) is 0 Å². The Bertz CT molecular complexity index is 416. The number of hydrogen-bond donors (Lipinski definition) is 2. The highest BCUT2D eigenvalue weighted by Crippen LogP contribution is 2.10. The van der Waals surface area contributed by atoms with E-state index in [1.165, 1.54) is 0 Å². The minimum Gasteiger partial charge on any atom is -0.367 e. The first kappa shape index (κ1) is 10.6. The molecule has 0 saturated carbocycles. The number of aromatic nitrogens is 2. The topological polar surface area (TPSA) is 63.8 Å². The standard InChI is InChI=1S/C12H14N4/c13-11(10-5-2-1-3-6-10)9-14-12-7-4-8-15-16-12/h1-8,11H,9,13H2,(H,14,16). The van der Waals surface area contributed by atoms with Gasteiger partial charge in [0.2, 0.25) is 0 Å². The van der Waals surface area contributed by atoms with Crippen molar-refractivity contribution in [1.82, 2.24) is 10.2 Å². The Morgan fingerprint density at radius 3 is 2.62 bits per heavy atom. The number of anilines is 1. The number of nitrogens with zero attached hydrogens (tertiary/aromatic N) is 2. The van der Waals surface area contributed by atoms with Crippen LogP contribution in [0.25, 0.3) is 0 Å². The van der Waals surface area contributed by atoms with E-state index in [4.69, 9.17) is 5.73 Å². The molecular weight excluding hydrogens is 200 g/mol. The monoisotopic (exact) mass is 214 g/mol. The second-order valence-electron chi connectivity index (χ2n) is 3.51. The van der Waals surface area contributed by atoms with Gasteiger partial charge in [0.05, 0.1) is 0 Å². The smallest absolute Gasteiger partial charge is 0.148 e. The molecule has 0 radical (unpaired) electrons. The summed E-state index contributed by atoms with van der Waals surface area (Å²) in [6.45, 7) is 0.642. The number of hydrogen-bond acceptors (Lipinski definition) is 4. The van der Waals surface area contributed by atoms with Gasteiger partial charge in [-0.1, -0.05) is 30.3 Å². The number of nitrogens with two attached hydrogens (primary N) is 1. The summed E-state index contributed by atoms with van der Waals surface area (Å²) in [4.78, 5) is 0. The van der Waals surface area contributed by atoms with Crippen molar-refractivity contribution in [2.45, 2.75) is 6.04 Å². The average molecular weight is 214 g/mol. The molecule has 1 aromatic carbocycles. The van der Waals surface area contributed by atoms with Crippen LogP contribution in [0.15, 0.2) is 48.7 Å². The van der Waals surface area contributed by atoms with E-state index < -0.39 is 0 Å². The fourth-order valence-electron chi connectivity index (χ4n) is 1.43. The SMILES string of the molecule is NC(CNc1cccnn1)c1ccccc1. The van der Waals surface area contributed by atoms with Crippen LogP contribution in [-0.2, 0) is 0 Å². The Kier molecular flexibility index (Phi) is 3.46. The van der Waals surface area contributed by atoms with Gasteiger partial charge >= 0.3 is 0 Å². The molecule has 1 heterocycles. The molecule has 0 saturated heterocycles. The summed E-state index contributed by atoms with van der Waals surface area (Å²) < 4.78 is 0. The summed E-state index contributed by atoms with van der Waals surface area (Å²) in [7, 11) is 0. The van der Waals surface area contributed by atoms with Crippen LogP contribution < -0.4 is 11.1 Å². The molecule has 0 aliphatic rings. The van der Waals surface area contributed by atoms with Gasteiger partial charge in [0.1, 0.15) is 5.82 Å². The first-order valence-electron chi connectivity index (χ1n) is 5.18. The van der Waals surface area contributed by atoms with Gasteiger partial charge in [-0.05, 0) is 17.7 Å². The molecule has 0 fully saturated rings. The maximum atomic E-state index is 6.03. The summed E-state index contributed by atoms with van der Waals surface area (Å²) >= 11 is 0. The second-order valence-corrected chi connectivity index (χ2v) is 3.51. The van der Waals surface area contributed by atoms with Crippen molar-refractivity contribution in [3.63, 3.8) is 0 Å². The quantitative estimate of drug-likeness (QED) is 0.811. The van der Waals surface area contributed by atoms with Crippen LogP contribution in [0.3, 0.4) is 0 Å². The first-order chi connectivity index (χ1) is 7.86. The van der Waals surface area contributed by atoms with E-state index in [1.807, 2.05) is 42.5 Å². The molecule has 16 heavy (non-hydrogen) atoms. The van der Waals surface area contributed by atoms with Crippen LogP contribution in [0.1, 0.15) is 11.6 Å². The molecule has 3 N–H and O–H groups in total. The molecule has 0 aliphatic carbocycles. The minimum absolute atomic E-state index is 0.0387. The van der Waals surface area contributed by atoms with Crippen molar-refractivity contribution in [3.05, 3.63) is 54.2 Å². The molecule has 2 aromatic rings. The summed E-state index contributed by atoms with van der Waals surface area (Å²) in [6, 6.07) is 13.6. The summed E-state index contributed by atoms with van der Waals surface area (Å²) in [5, 5.41) is 10.9. The van der Waals surface area contributed by atoms with Crippen molar-refractivity contribution in [2.24, 2.45) is 5.73 Å². The molecule has 4 heteroatoms. The Hall–Kier alpha value is -1.94. The fraction of sp³-hybridized carbons (Fsp3) is 0.167. The molecule has 0 amide bonds. The molecule has 0 aliphatic heterocycles. The van der Waals surface area contributed by atoms with Crippen LogP contribution in [-0.4, -0.2) is 16.7 Å². The van der Waals surface area contributed by atoms with Gasteiger partial charge in [-0.15, -0.1) is 5.10 Å². The third kappa shape index (κ3) is 2.77. The maximum Gasteiger partial charge on any atom is 0.148 e. The van der Waals surface area contributed by atoms with E-state index in [-0.39, 0.29) is 6.04 Å². The minimum atomic E-state index is -0.0387. The molecule has 0 spiro atoms. The maximum absolute atomic E-state index is 6.03. The first-order valence-corrected chi connectivity index (χ1v) is 5.18. The zero-order valence-corrected chi connectivity index (χ0v) is 8.88. The van der Waals surface area contributed by atoms with Gasteiger partial charge in [0, 0.05) is 18.8 Å². The van der Waals surface area contributed by atoms with Crippen LogP contribution >= 0.6 is 0 Å². The lowest BCUT2D eigenvalue weighted by atomic mass is 10.1. The zero-order chi connectivity index (χ0) is 11.2. The van der Waals surface area contributed by atoms with E-state index in [9.17, 15) is 0 Å². The highest BCUT2D eigenvalue weighted by atomic mass is 15.2. The van der Waals surface area contributed by atoms with E-state index in [1.54, 1.807) is 6.20 Å². The lowest BCUT2D eigenvalue weighted by Crippen LogP contribution is -2.20. The van der Waals surface area contributed by atoms with Crippen LogP contribution in [0.2, 0.25) is 0 Å². The molecule has 0 bridgehead atoms. The van der Waals surface area contributed by atoms with Crippen molar-refractivity contribution in [2.75, 3.05) is 11.9 Å². The van der Waals surface area contributed by atoms with Crippen LogP contribution in [0.4, 0.5) is 5.82 Å². The normalized spacial score (nSPS) is 12.1. The van der Waals surface area contributed by atoms with E-state index in [0.717, 1.165) is 11.4 Å². The summed E-state index contributed by atoms with van der Waals surface area (Å²) in [5.74, 6) is 0.744. The Morgan fingerprint density at radius 1 is 1.12 bits per heavy atom. The van der Waals surface area contributed by atoms with Crippen molar-refractivity contribution in [3.8, 4) is 0 Å². The van der Waals surface area contributed by atoms with E-state index in [2.05, 4.69) is 15.5 Å². The van der Waals surface area contributed by atoms with Crippen LogP contribution in [0, 0.1) is 0 Å². The van der Waals surface area contributed by atoms with Crippen molar-refractivity contribution < 1.29 is 0 Å². The predicted octanol–water partition coefficient (Wildman–Crippen LogP) is 1.59. The highest BCUT2D eigenvalue weighted by molar-refractivity contribution is 5.32. The van der Waals surface area contributed by atoms with E-state index in [0.29, 0.717) is 6.54 Å². The molecule has 82 valence electrons. The second kappa shape index (κ2) is 5.23. The predicted molar refractivity (Wildman–Crippen MR) is 63.9 cm³/mol. The Labute approximate surface area is 94.5 Å². The third-order valence-electron chi connectivity index (χ3n) is 2.30. The fourth-order valence-corrected chi connectivity index (χ4v) is 1.43. The highest BCUT2D eigenvalue weighted by Gasteiger charge is 2.04. The Morgan fingerprint density at radius 2 is 1.94 bits per heavy atom. The van der Waals surface area contributed by atoms with Crippen molar-refractivity contribution >= 4 is 5.82 Å². The number of rotatable bonds is 4. The summed E-state index contributed by atoms with van der Waals surface area (Å²) in [6.07, 6.45) is 1.64. The molecule has 1 unspecified atom stereocenters. The molecule has 1 atom stereocenters. The van der Waals surface area contributed by atoms with Gasteiger partial charge in [0.15, 0.2) is 0 Å². The van der Waals surface area contributed by atoms with Gasteiger partial charge in [-0.25, -0.2) is 0 Å². The van der Waals surface area contributed by atoms with E-state index >= 15 is 0 Å². The molecule has 1 aromatic heterocycles. The lowest BCUT2D eigenvalue weighted by Gasteiger charge is -2.12. The lowest BCUT2D eigenvalue weighted by molar-refractivity contribution is 0.759. The summed E-state index contributed by atoms with van der Waals surface area (Å²) in [5.41, 5.74) is 7.14. The van der Waals surface area contributed by atoms with Gasteiger partial charge in [-0.2, -0.15) is 5.10 Å². The molecule has 2 rings (SSSR count). The third-order valence-corrected chi connectivity index (χ3v) is 2.30. The largest absolute Gasteiger partial charge is 0.367 e. The van der Waals surface area contributed by atoms with Gasteiger partial charge in [-0.3, -0.25) is 0 Å². The molecule has 4 nitrogen and oxygen atoms in total.